The Morgan fingerprint density at radius 2 is 1.67 bits per heavy atom. The van der Waals surface area contributed by atoms with E-state index in [1.54, 1.807) is 12.4 Å². The van der Waals surface area contributed by atoms with Crippen molar-refractivity contribution in [1.29, 1.82) is 0 Å². The lowest BCUT2D eigenvalue weighted by Crippen LogP contribution is -2.07. The highest BCUT2D eigenvalue weighted by Gasteiger charge is 2.20. The molecular formula is C15H12N2O. The number of aromatic nitrogens is 2. The maximum atomic E-state index is 11.0. The first-order valence-corrected chi connectivity index (χ1v) is 5.56. The summed E-state index contributed by atoms with van der Waals surface area (Å²) >= 11 is 0. The van der Waals surface area contributed by atoms with Crippen molar-refractivity contribution < 1.29 is 4.79 Å². The summed E-state index contributed by atoms with van der Waals surface area (Å²) in [6.07, 6.45) is 4.88. The summed E-state index contributed by atoms with van der Waals surface area (Å²) in [5.74, 6) is 1.60. The Kier molecular flexibility index (Phi) is 3.79. The topological polar surface area (TPSA) is 42.9 Å². The zero-order valence-electron chi connectivity index (χ0n) is 9.78. The van der Waals surface area contributed by atoms with Crippen molar-refractivity contribution in [2.75, 3.05) is 0 Å². The van der Waals surface area contributed by atoms with E-state index in [4.69, 9.17) is 0 Å². The largest absolute Gasteiger partial charge is 0.260 e. The van der Waals surface area contributed by atoms with Crippen LogP contribution in [-0.4, -0.2) is 15.9 Å². The van der Waals surface area contributed by atoms with Crippen molar-refractivity contribution in [3.05, 3.63) is 78.4 Å². The van der Waals surface area contributed by atoms with Gasteiger partial charge in [-0.1, -0.05) is 24.8 Å². The molecule has 2 aromatic heterocycles. The Balaban J connectivity index is 2.55. The molecule has 0 atom stereocenters. The van der Waals surface area contributed by atoms with Gasteiger partial charge >= 0.3 is 0 Å². The van der Waals surface area contributed by atoms with Crippen LogP contribution in [0.1, 0.15) is 17.3 Å². The third-order valence-corrected chi connectivity index (χ3v) is 2.62. The molecule has 2 heterocycles. The molecule has 3 nitrogen and oxygen atoms in total. The van der Waals surface area contributed by atoms with Gasteiger partial charge in [0.1, 0.15) is 5.94 Å². The van der Waals surface area contributed by atoms with Crippen molar-refractivity contribution in [3.63, 3.8) is 0 Å². The van der Waals surface area contributed by atoms with Crippen LogP contribution in [0.5, 0.6) is 0 Å². The van der Waals surface area contributed by atoms with Gasteiger partial charge in [-0.25, -0.2) is 4.79 Å². The minimum Gasteiger partial charge on any atom is -0.260 e. The molecule has 2 rings (SSSR count). The lowest BCUT2D eigenvalue weighted by Gasteiger charge is -2.14. The Bertz CT molecular complexity index is 532. The van der Waals surface area contributed by atoms with Crippen LogP contribution >= 0.6 is 0 Å². The van der Waals surface area contributed by atoms with E-state index >= 15 is 0 Å². The standard InChI is InChI=1S/C15H12N2O/c1-2-12(11-18)15(13-7-3-5-9-16-13)14-8-4-6-10-17-14/h2-10,15H,1H2. The van der Waals surface area contributed by atoms with Crippen LogP contribution in [0, 0.1) is 0 Å². The number of allylic oxidation sites excluding steroid dienone is 2. The van der Waals surface area contributed by atoms with E-state index in [2.05, 4.69) is 16.5 Å². The van der Waals surface area contributed by atoms with Crippen molar-refractivity contribution in [1.82, 2.24) is 9.97 Å². The number of nitrogens with zero attached hydrogens (tertiary/aromatic N) is 2. The molecule has 0 unspecified atom stereocenters. The maximum Gasteiger partial charge on any atom is 0.129 e. The molecule has 0 aliphatic heterocycles. The molecule has 0 radical (unpaired) electrons. The van der Waals surface area contributed by atoms with Crippen LogP contribution in [-0.2, 0) is 4.79 Å². The molecule has 0 amide bonds. The number of rotatable bonds is 4. The SMILES string of the molecule is C=CC(=C=O)C(c1ccccn1)c1ccccn1. The second-order valence-corrected chi connectivity index (χ2v) is 3.70. The summed E-state index contributed by atoms with van der Waals surface area (Å²) < 4.78 is 0. The average molecular weight is 236 g/mol. The van der Waals surface area contributed by atoms with Crippen molar-refractivity contribution in [2.24, 2.45) is 0 Å². The summed E-state index contributed by atoms with van der Waals surface area (Å²) in [7, 11) is 0. The summed E-state index contributed by atoms with van der Waals surface area (Å²) in [5.41, 5.74) is 1.95. The third kappa shape index (κ3) is 2.42. The average Bonchev–Trinajstić information content (AvgIpc) is 2.46. The van der Waals surface area contributed by atoms with Crippen molar-refractivity contribution in [3.8, 4) is 0 Å². The lowest BCUT2D eigenvalue weighted by molar-refractivity contribution is 0.566. The minimum absolute atomic E-state index is 0.317. The van der Waals surface area contributed by atoms with E-state index in [9.17, 15) is 4.79 Å². The zero-order chi connectivity index (χ0) is 12.8. The first kappa shape index (κ1) is 12.0. The van der Waals surface area contributed by atoms with E-state index in [0.717, 1.165) is 11.4 Å². The highest BCUT2D eigenvalue weighted by molar-refractivity contribution is 5.62. The van der Waals surface area contributed by atoms with Gasteiger partial charge in [0, 0.05) is 12.4 Å². The fourth-order valence-electron chi connectivity index (χ4n) is 1.78. The predicted molar refractivity (Wildman–Crippen MR) is 69.7 cm³/mol. The first-order valence-electron chi connectivity index (χ1n) is 5.56. The molecule has 0 aliphatic rings. The summed E-state index contributed by atoms with van der Waals surface area (Å²) in [6, 6.07) is 11.1. The lowest BCUT2D eigenvalue weighted by atomic mass is 9.92. The monoisotopic (exact) mass is 236 g/mol. The number of hydrogen-bond acceptors (Lipinski definition) is 3. The molecule has 18 heavy (non-hydrogen) atoms. The van der Waals surface area contributed by atoms with Crippen molar-refractivity contribution in [2.45, 2.75) is 5.92 Å². The van der Waals surface area contributed by atoms with Gasteiger partial charge in [-0.3, -0.25) is 9.97 Å². The highest BCUT2D eigenvalue weighted by Crippen LogP contribution is 2.27. The molecule has 0 aromatic carbocycles. The molecule has 0 spiro atoms. The van der Waals surface area contributed by atoms with Gasteiger partial charge in [0.05, 0.1) is 22.9 Å². The summed E-state index contributed by atoms with van der Waals surface area (Å²) in [4.78, 5) is 19.6. The van der Waals surface area contributed by atoms with Crippen LogP contribution in [0.25, 0.3) is 0 Å². The molecule has 0 fully saturated rings. The van der Waals surface area contributed by atoms with Gasteiger partial charge in [0.25, 0.3) is 0 Å². The molecule has 0 saturated heterocycles. The van der Waals surface area contributed by atoms with Gasteiger partial charge in [-0.05, 0) is 24.3 Å². The van der Waals surface area contributed by atoms with Gasteiger partial charge in [0.2, 0.25) is 0 Å². The van der Waals surface area contributed by atoms with E-state index < -0.39 is 0 Å². The van der Waals surface area contributed by atoms with Crippen LogP contribution < -0.4 is 0 Å². The molecule has 3 heteroatoms. The van der Waals surface area contributed by atoms with E-state index in [0.29, 0.717) is 5.57 Å². The fourth-order valence-corrected chi connectivity index (χ4v) is 1.78. The second-order valence-electron chi connectivity index (χ2n) is 3.70. The molecule has 0 N–H and O–H groups in total. The zero-order valence-corrected chi connectivity index (χ0v) is 9.78. The minimum atomic E-state index is -0.317. The quantitative estimate of drug-likeness (QED) is 0.605. The summed E-state index contributed by atoms with van der Waals surface area (Å²) in [5, 5.41) is 0. The fraction of sp³-hybridized carbons (Fsp3) is 0.0667. The third-order valence-electron chi connectivity index (χ3n) is 2.62. The van der Waals surface area contributed by atoms with Gasteiger partial charge in [-0.15, -0.1) is 0 Å². The highest BCUT2D eigenvalue weighted by atomic mass is 16.1. The molecule has 0 saturated carbocycles. The van der Waals surface area contributed by atoms with Crippen LogP contribution in [0.15, 0.2) is 67.0 Å². The number of hydrogen-bond donors (Lipinski definition) is 0. The smallest absolute Gasteiger partial charge is 0.129 e. The molecular weight excluding hydrogens is 224 g/mol. The van der Waals surface area contributed by atoms with Crippen LogP contribution in [0.4, 0.5) is 0 Å². The predicted octanol–water partition coefficient (Wildman–Crippen LogP) is 2.55. The van der Waals surface area contributed by atoms with Gasteiger partial charge in [-0.2, -0.15) is 0 Å². The molecule has 0 aliphatic carbocycles. The van der Waals surface area contributed by atoms with Crippen LogP contribution in [0.2, 0.25) is 0 Å². The Labute approximate surface area is 106 Å². The van der Waals surface area contributed by atoms with Crippen LogP contribution in [0.3, 0.4) is 0 Å². The Morgan fingerprint density at radius 3 is 2.00 bits per heavy atom. The summed E-state index contributed by atoms with van der Waals surface area (Å²) in [6.45, 7) is 3.65. The Morgan fingerprint density at radius 1 is 1.11 bits per heavy atom. The van der Waals surface area contributed by atoms with E-state index in [-0.39, 0.29) is 5.92 Å². The van der Waals surface area contributed by atoms with E-state index in [1.165, 1.54) is 6.08 Å². The molecule has 0 bridgehead atoms. The molecule has 2 aromatic rings. The normalized spacial score (nSPS) is 9.83. The van der Waals surface area contributed by atoms with Crippen molar-refractivity contribution >= 4 is 5.94 Å². The van der Waals surface area contributed by atoms with Gasteiger partial charge in [0.15, 0.2) is 0 Å². The maximum absolute atomic E-state index is 11.0. The number of carbonyl (C=O) groups excluding carboxylic acids is 1. The van der Waals surface area contributed by atoms with Gasteiger partial charge < -0.3 is 0 Å². The Hall–Kier alpha value is -2.51. The molecule has 88 valence electrons. The second kappa shape index (κ2) is 5.71. The number of pyridine rings is 2. The van der Waals surface area contributed by atoms with E-state index in [1.807, 2.05) is 42.3 Å². The first-order chi connectivity index (χ1) is 8.86.